The molecule has 1 atom stereocenters. The molecule has 15 heavy (non-hydrogen) atoms. The Bertz CT molecular complexity index is 366. The van der Waals surface area contributed by atoms with Crippen LogP contribution in [0.1, 0.15) is 24.8 Å². The standard InChI is InChI=1S/C11H13ClO2S/c1-7(5-11(13)14)9-6-8(12)3-4-10(9)15-2/h3-4,6-7H,5H2,1-2H3,(H,13,14). The van der Waals surface area contributed by atoms with Crippen molar-refractivity contribution in [2.24, 2.45) is 0 Å². The van der Waals surface area contributed by atoms with Gasteiger partial charge < -0.3 is 5.11 Å². The Kier molecular flexibility index (Phi) is 4.48. The number of carboxylic acids is 1. The van der Waals surface area contributed by atoms with Gasteiger partial charge in [0.25, 0.3) is 0 Å². The van der Waals surface area contributed by atoms with E-state index in [1.807, 2.05) is 31.4 Å². The number of hydrogen-bond acceptors (Lipinski definition) is 2. The molecule has 0 saturated heterocycles. The second-order valence-electron chi connectivity index (χ2n) is 3.39. The molecule has 0 radical (unpaired) electrons. The summed E-state index contributed by atoms with van der Waals surface area (Å²) in [4.78, 5) is 11.7. The molecule has 1 rings (SSSR count). The predicted octanol–water partition coefficient (Wildman–Crippen LogP) is 3.64. The molecule has 1 unspecified atom stereocenters. The number of carboxylic acid groups (broad SMARTS) is 1. The molecule has 0 bridgehead atoms. The Labute approximate surface area is 98.6 Å². The minimum atomic E-state index is -0.783. The van der Waals surface area contributed by atoms with Crippen LogP contribution in [0.5, 0.6) is 0 Å². The van der Waals surface area contributed by atoms with E-state index in [9.17, 15) is 4.79 Å². The van der Waals surface area contributed by atoms with Crippen LogP contribution in [0.4, 0.5) is 0 Å². The lowest BCUT2D eigenvalue weighted by Crippen LogP contribution is -2.04. The zero-order valence-electron chi connectivity index (χ0n) is 8.66. The number of thioether (sulfide) groups is 1. The monoisotopic (exact) mass is 244 g/mol. The molecule has 0 heterocycles. The highest BCUT2D eigenvalue weighted by Gasteiger charge is 2.14. The van der Waals surface area contributed by atoms with E-state index >= 15 is 0 Å². The highest BCUT2D eigenvalue weighted by Crippen LogP contribution is 2.31. The Morgan fingerprint density at radius 3 is 2.80 bits per heavy atom. The minimum Gasteiger partial charge on any atom is -0.481 e. The molecule has 0 aliphatic carbocycles. The summed E-state index contributed by atoms with van der Waals surface area (Å²) in [5, 5.41) is 9.39. The molecule has 1 aromatic rings. The third-order valence-electron chi connectivity index (χ3n) is 2.20. The van der Waals surface area contributed by atoms with Gasteiger partial charge in [-0.3, -0.25) is 4.79 Å². The van der Waals surface area contributed by atoms with Gasteiger partial charge in [-0.25, -0.2) is 0 Å². The largest absolute Gasteiger partial charge is 0.481 e. The molecule has 0 fully saturated rings. The Morgan fingerprint density at radius 2 is 2.27 bits per heavy atom. The fourth-order valence-electron chi connectivity index (χ4n) is 1.46. The maximum absolute atomic E-state index is 10.6. The van der Waals surface area contributed by atoms with Gasteiger partial charge in [0.05, 0.1) is 6.42 Å². The van der Waals surface area contributed by atoms with E-state index in [2.05, 4.69) is 0 Å². The summed E-state index contributed by atoms with van der Waals surface area (Å²) in [5.41, 5.74) is 1.01. The fraction of sp³-hybridized carbons (Fsp3) is 0.364. The highest BCUT2D eigenvalue weighted by molar-refractivity contribution is 7.98. The Hall–Kier alpha value is -0.670. The quantitative estimate of drug-likeness (QED) is 0.822. The molecule has 0 spiro atoms. The van der Waals surface area contributed by atoms with Gasteiger partial charge in [0.1, 0.15) is 0 Å². The number of hydrogen-bond donors (Lipinski definition) is 1. The fourth-order valence-corrected chi connectivity index (χ4v) is 2.34. The molecule has 4 heteroatoms. The Morgan fingerprint density at radius 1 is 1.60 bits per heavy atom. The van der Waals surface area contributed by atoms with Crippen molar-refractivity contribution in [3.8, 4) is 0 Å². The third-order valence-corrected chi connectivity index (χ3v) is 3.25. The van der Waals surface area contributed by atoms with E-state index < -0.39 is 5.97 Å². The first-order valence-corrected chi connectivity index (χ1v) is 6.20. The van der Waals surface area contributed by atoms with E-state index in [1.54, 1.807) is 11.8 Å². The maximum Gasteiger partial charge on any atom is 0.303 e. The zero-order chi connectivity index (χ0) is 11.4. The van der Waals surface area contributed by atoms with Crippen molar-refractivity contribution in [2.75, 3.05) is 6.26 Å². The lowest BCUT2D eigenvalue weighted by atomic mass is 9.98. The van der Waals surface area contributed by atoms with Gasteiger partial charge in [-0.15, -0.1) is 11.8 Å². The topological polar surface area (TPSA) is 37.3 Å². The smallest absolute Gasteiger partial charge is 0.303 e. The van der Waals surface area contributed by atoms with E-state index in [0.29, 0.717) is 5.02 Å². The van der Waals surface area contributed by atoms with Crippen molar-refractivity contribution >= 4 is 29.3 Å². The molecule has 82 valence electrons. The molecule has 2 nitrogen and oxygen atoms in total. The molecule has 0 aromatic heterocycles. The van der Waals surface area contributed by atoms with Crippen LogP contribution in [0.25, 0.3) is 0 Å². The first-order chi connectivity index (χ1) is 7.04. The summed E-state index contributed by atoms with van der Waals surface area (Å²) in [5.74, 6) is -0.793. The molecule has 0 saturated carbocycles. The van der Waals surface area contributed by atoms with Crippen molar-refractivity contribution in [2.45, 2.75) is 24.2 Å². The van der Waals surface area contributed by atoms with E-state index in [0.717, 1.165) is 10.5 Å². The van der Waals surface area contributed by atoms with Gasteiger partial charge >= 0.3 is 5.97 Å². The van der Waals surface area contributed by atoms with Gasteiger partial charge in [-0.1, -0.05) is 18.5 Å². The molecular weight excluding hydrogens is 232 g/mol. The summed E-state index contributed by atoms with van der Waals surface area (Å²) in [6.45, 7) is 1.90. The lowest BCUT2D eigenvalue weighted by molar-refractivity contribution is -0.137. The first kappa shape index (κ1) is 12.4. The summed E-state index contributed by atoms with van der Waals surface area (Å²) < 4.78 is 0. The molecular formula is C11H13ClO2S. The average molecular weight is 245 g/mol. The van der Waals surface area contributed by atoms with Crippen LogP contribution in [-0.2, 0) is 4.79 Å². The van der Waals surface area contributed by atoms with Crippen LogP contribution in [-0.4, -0.2) is 17.3 Å². The second-order valence-corrected chi connectivity index (χ2v) is 4.67. The first-order valence-electron chi connectivity index (χ1n) is 4.59. The summed E-state index contributed by atoms with van der Waals surface area (Å²) in [7, 11) is 0. The molecule has 1 N–H and O–H groups in total. The van der Waals surface area contributed by atoms with Gasteiger partial charge in [0.15, 0.2) is 0 Å². The van der Waals surface area contributed by atoms with Crippen molar-refractivity contribution < 1.29 is 9.90 Å². The summed E-state index contributed by atoms with van der Waals surface area (Å²) in [6, 6.07) is 5.60. The average Bonchev–Trinajstić information content (AvgIpc) is 2.16. The van der Waals surface area contributed by atoms with Crippen LogP contribution in [0.15, 0.2) is 23.1 Å². The van der Waals surface area contributed by atoms with Crippen molar-refractivity contribution in [3.63, 3.8) is 0 Å². The maximum atomic E-state index is 10.6. The zero-order valence-corrected chi connectivity index (χ0v) is 10.2. The van der Waals surface area contributed by atoms with Crippen molar-refractivity contribution in [1.29, 1.82) is 0 Å². The van der Waals surface area contributed by atoms with Gasteiger partial charge in [0, 0.05) is 9.92 Å². The van der Waals surface area contributed by atoms with Crippen LogP contribution in [0.3, 0.4) is 0 Å². The third kappa shape index (κ3) is 3.43. The number of benzene rings is 1. The van der Waals surface area contributed by atoms with Gasteiger partial charge in [-0.2, -0.15) is 0 Å². The molecule has 0 aliphatic heterocycles. The molecule has 0 aliphatic rings. The molecule has 1 aromatic carbocycles. The van der Waals surface area contributed by atoms with Gasteiger partial charge in [-0.05, 0) is 35.9 Å². The summed E-state index contributed by atoms with van der Waals surface area (Å²) in [6.07, 6.45) is 2.11. The predicted molar refractivity (Wildman–Crippen MR) is 63.9 cm³/mol. The van der Waals surface area contributed by atoms with Gasteiger partial charge in [0.2, 0.25) is 0 Å². The summed E-state index contributed by atoms with van der Waals surface area (Å²) >= 11 is 7.51. The van der Waals surface area contributed by atoms with Crippen molar-refractivity contribution in [3.05, 3.63) is 28.8 Å². The molecule has 0 amide bonds. The second kappa shape index (κ2) is 5.42. The van der Waals surface area contributed by atoms with Crippen LogP contribution >= 0.6 is 23.4 Å². The van der Waals surface area contributed by atoms with E-state index in [1.165, 1.54) is 0 Å². The number of aliphatic carboxylic acids is 1. The SMILES string of the molecule is CSc1ccc(Cl)cc1C(C)CC(=O)O. The Balaban J connectivity index is 2.99. The van der Waals surface area contributed by atoms with Crippen LogP contribution in [0, 0.1) is 0 Å². The number of rotatable bonds is 4. The van der Waals surface area contributed by atoms with Crippen molar-refractivity contribution in [1.82, 2.24) is 0 Å². The highest BCUT2D eigenvalue weighted by atomic mass is 35.5. The van der Waals surface area contributed by atoms with Crippen LogP contribution in [0.2, 0.25) is 5.02 Å². The van der Waals surface area contributed by atoms with E-state index in [-0.39, 0.29) is 12.3 Å². The number of halogens is 1. The number of carbonyl (C=O) groups is 1. The normalized spacial score (nSPS) is 12.5. The van der Waals surface area contributed by atoms with E-state index in [4.69, 9.17) is 16.7 Å². The minimum absolute atomic E-state index is 0.0105. The van der Waals surface area contributed by atoms with Crippen LogP contribution < -0.4 is 0 Å². The lowest BCUT2D eigenvalue weighted by Gasteiger charge is -2.13.